The minimum Gasteiger partial charge on any atom is -0.397 e. The number of fused-ring (bicyclic) bond motifs is 1. The number of anilines is 1. The van der Waals surface area contributed by atoms with E-state index in [1.165, 1.54) is 22.9 Å². The van der Waals surface area contributed by atoms with Gasteiger partial charge in [-0.1, -0.05) is 30.3 Å². The van der Waals surface area contributed by atoms with Gasteiger partial charge in [0.25, 0.3) is 0 Å². The number of nitrogen functional groups attached to an aromatic ring is 1. The van der Waals surface area contributed by atoms with Gasteiger partial charge in [0, 0.05) is 31.0 Å². The van der Waals surface area contributed by atoms with Gasteiger partial charge in [0.05, 0.1) is 28.5 Å². The van der Waals surface area contributed by atoms with E-state index in [2.05, 4.69) is 9.27 Å². The Bertz CT molecular complexity index is 901. The fraction of sp³-hybridized carbons (Fsp3) is 0.333. The molecule has 0 bridgehead atoms. The van der Waals surface area contributed by atoms with E-state index in [1.807, 2.05) is 30.3 Å². The zero-order valence-electron chi connectivity index (χ0n) is 14.1. The molecular formula is C18H19N3O2S3. The van der Waals surface area contributed by atoms with E-state index >= 15 is 0 Å². The first-order valence-corrected chi connectivity index (χ1v) is 11.0. The van der Waals surface area contributed by atoms with Crippen LogP contribution in [0.3, 0.4) is 0 Å². The van der Waals surface area contributed by atoms with Crippen molar-refractivity contribution in [3.8, 4) is 0 Å². The molecule has 1 aliphatic rings. The van der Waals surface area contributed by atoms with Crippen LogP contribution in [0.2, 0.25) is 0 Å². The number of aromatic nitrogens is 1. The van der Waals surface area contributed by atoms with Gasteiger partial charge in [-0.15, -0.1) is 23.1 Å². The van der Waals surface area contributed by atoms with Gasteiger partial charge in [0.2, 0.25) is 5.78 Å². The topological polar surface area (TPSA) is 68.5 Å². The van der Waals surface area contributed by atoms with Crippen LogP contribution in [-0.2, 0) is 4.74 Å². The normalized spacial score (nSPS) is 15.5. The third-order valence-electron chi connectivity index (χ3n) is 4.33. The van der Waals surface area contributed by atoms with Crippen molar-refractivity contribution in [2.75, 3.05) is 44.3 Å². The molecule has 5 nitrogen and oxygen atoms in total. The lowest BCUT2D eigenvalue weighted by molar-refractivity contribution is 0.0410. The summed E-state index contributed by atoms with van der Waals surface area (Å²) in [7, 11) is 0. The molecule has 0 unspecified atom stereocenters. The van der Waals surface area contributed by atoms with Gasteiger partial charge in [-0.05, 0) is 11.5 Å². The molecule has 3 aromatic rings. The highest BCUT2D eigenvalue weighted by Crippen LogP contribution is 2.42. The lowest BCUT2D eigenvalue weighted by Crippen LogP contribution is -2.37. The number of ether oxygens (including phenoxy) is 1. The molecule has 3 heterocycles. The van der Waals surface area contributed by atoms with Crippen LogP contribution in [0, 0.1) is 0 Å². The van der Waals surface area contributed by atoms with Gasteiger partial charge in [-0.2, -0.15) is 4.37 Å². The number of hydrogen-bond donors (Lipinski definition) is 1. The van der Waals surface area contributed by atoms with Gasteiger partial charge in [0.1, 0.15) is 9.71 Å². The van der Waals surface area contributed by atoms with E-state index in [1.54, 1.807) is 11.8 Å². The van der Waals surface area contributed by atoms with E-state index in [4.69, 9.17) is 10.5 Å². The molecule has 1 aliphatic heterocycles. The number of carbonyl (C=O) groups is 1. The van der Waals surface area contributed by atoms with Crippen molar-refractivity contribution in [3.63, 3.8) is 0 Å². The largest absolute Gasteiger partial charge is 0.397 e. The fourth-order valence-corrected chi connectivity index (χ4v) is 6.24. The molecule has 8 heteroatoms. The summed E-state index contributed by atoms with van der Waals surface area (Å²) >= 11 is 4.64. The molecule has 136 valence electrons. The summed E-state index contributed by atoms with van der Waals surface area (Å²) in [6, 6.07) is 9.27. The van der Waals surface area contributed by atoms with Gasteiger partial charge in [-0.25, -0.2) is 0 Å². The van der Waals surface area contributed by atoms with Crippen LogP contribution in [0.25, 0.3) is 10.2 Å². The second-order valence-electron chi connectivity index (χ2n) is 5.99. The van der Waals surface area contributed by atoms with Crippen molar-refractivity contribution < 1.29 is 9.53 Å². The predicted molar refractivity (Wildman–Crippen MR) is 110 cm³/mol. The van der Waals surface area contributed by atoms with Crippen molar-refractivity contribution in [2.24, 2.45) is 0 Å². The molecule has 0 spiro atoms. The molecule has 0 atom stereocenters. The van der Waals surface area contributed by atoms with E-state index in [9.17, 15) is 4.79 Å². The molecule has 0 saturated carbocycles. The Morgan fingerprint density at radius 2 is 2.04 bits per heavy atom. The zero-order valence-corrected chi connectivity index (χ0v) is 16.6. The number of morpholine rings is 1. The third-order valence-corrected chi connectivity index (χ3v) is 7.62. The maximum absolute atomic E-state index is 12.7. The highest BCUT2D eigenvalue weighted by Gasteiger charge is 2.22. The second-order valence-corrected chi connectivity index (χ2v) is 9.13. The van der Waals surface area contributed by atoms with Crippen molar-refractivity contribution in [1.29, 1.82) is 0 Å². The van der Waals surface area contributed by atoms with Crippen molar-refractivity contribution in [1.82, 2.24) is 9.27 Å². The molecule has 1 aromatic carbocycles. The summed E-state index contributed by atoms with van der Waals surface area (Å²) in [5.41, 5.74) is 7.58. The van der Waals surface area contributed by atoms with Crippen LogP contribution in [0.15, 0.2) is 34.5 Å². The highest BCUT2D eigenvalue weighted by molar-refractivity contribution is 8.01. The maximum Gasteiger partial charge on any atom is 0.205 e. The molecule has 0 aliphatic carbocycles. The summed E-state index contributed by atoms with van der Waals surface area (Å²) in [5, 5.41) is 0.950. The molecule has 26 heavy (non-hydrogen) atoms. The smallest absolute Gasteiger partial charge is 0.205 e. The predicted octanol–water partition coefficient (Wildman–Crippen LogP) is 3.60. The first kappa shape index (κ1) is 17.9. The number of carbonyl (C=O) groups excluding carboxylic acids is 1. The highest BCUT2D eigenvalue weighted by atomic mass is 32.2. The van der Waals surface area contributed by atoms with E-state index in [0.717, 1.165) is 53.0 Å². The van der Waals surface area contributed by atoms with E-state index in [-0.39, 0.29) is 5.78 Å². The molecular weight excluding hydrogens is 386 g/mol. The zero-order chi connectivity index (χ0) is 17.9. The average molecular weight is 406 g/mol. The Hall–Kier alpha value is -1.45. The SMILES string of the molecule is Nc1c(C(=O)c2ccccc2)sc2nsc(SCCN3CCOCC3)c12. The van der Waals surface area contributed by atoms with Gasteiger partial charge in [0.15, 0.2) is 0 Å². The second kappa shape index (κ2) is 8.06. The first-order chi connectivity index (χ1) is 12.7. The third kappa shape index (κ3) is 3.65. The lowest BCUT2D eigenvalue weighted by atomic mass is 10.1. The first-order valence-electron chi connectivity index (χ1n) is 8.44. The van der Waals surface area contributed by atoms with Crippen LogP contribution in [0.1, 0.15) is 15.2 Å². The lowest BCUT2D eigenvalue weighted by Gasteiger charge is -2.26. The van der Waals surface area contributed by atoms with Crippen LogP contribution in [0.4, 0.5) is 5.69 Å². The quantitative estimate of drug-likeness (QED) is 0.499. The van der Waals surface area contributed by atoms with Crippen LogP contribution < -0.4 is 5.73 Å². The molecule has 2 aromatic heterocycles. The van der Waals surface area contributed by atoms with Crippen molar-refractivity contribution in [2.45, 2.75) is 4.21 Å². The minimum atomic E-state index is -0.0274. The Kier molecular flexibility index (Phi) is 5.56. The number of nitrogens with zero attached hydrogens (tertiary/aromatic N) is 2. The van der Waals surface area contributed by atoms with Crippen LogP contribution >= 0.6 is 34.6 Å². The molecule has 0 amide bonds. The molecule has 1 fully saturated rings. The molecule has 0 radical (unpaired) electrons. The van der Waals surface area contributed by atoms with E-state index < -0.39 is 0 Å². The van der Waals surface area contributed by atoms with Crippen molar-refractivity contribution in [3.05, 3.63) is 40.8 Å². The van der Waals surface area contributed by atoms with Crippen molar-refractivity contribution >= 4 is 56.3 Å². The fourth-order valence-electron chi connectivity index (χ4n) is 2.90. The Balaban J connectivity index is 1.50. The number of nitrogens with two attached hydrogens (primary N) is 1. The summed E-state index contributed by atoms with van der Waals surface area (Å²) in [6.45, 7) is 4.65. The standard InChI is InChI=1S/C18H19N3O2S3/c19-14-13-17(25-16(14)15(22)12-4-2-1-3-5-12)20-26-18(13)24-11-8-21-6-9-23-10-7-21/h1-5H,6-11,19H2. The molecule has 4 rings (SSSR count). The van der Waals surface area contributed by atoms with Gasteiger partial charge < -0.3 is 10.5 Å². The summed E-state index contributed by atoms with van der Waals surface area (Å²) in [4.78, 5) is 16.6. The minimum absolute atomic E-state index is 0.0274. The maximum atomic E-state index is 12.7. The Labute approximate surface area is 164 Å². The molecule has 1 saturated heterocycles. The summed E-state index contributed by atoms with van der Waals surface area (Å²) < 4.78 is 11.0. The number of thioether (sulfide) groups is 1. The summed E-state index contributed by atoms with van der Waals surface area (Å²) in [6.07, 6.45) is 0. The number of ketones is 1. The molecule has 2 N–H and O–H groups in total. The summed E-state index contributed by atoms with van der Waals surface area (Å²) in [5.74, 6) is 0.953. The number of thiophene rings is 1. The number of benzene rings is 1. The van der Waals surface area contributed by atoms with E-state index in [0.29, 0.717) is 16.1 Å². The number of rotatable bonds is 6. The van der Waals surface area contributed by atoms with Crippen LogP contribution in [-0.4, -0.2) is 53.7 Å². The Morgan fingerprint density at radius 3 is 2.81 bits per heavy atom. The van der Waals surface area contributed by atoms with Gasteiger partial charge >= 0.3 is 0 Å². The average Bonchev–Trinajstić information content (AvgIpc) is 3.23. The number of hydrogen-bond acceptors (Lipinski definition) is 8. The monoisotopic (exact) mass is 405 g/mol. The Morgan fingerprint density at radius 1 is 1.27 bits per heavy atom. The van der Waals surface area contributed by atoms with Crippen LogP contribution in [0.5, 0.6) is 0 Å². The van der Waals surface area contributed by atoms with Gasteiger partial charge in [-0.3, -0.25) is 9.69 Å².